The first-order valence-electron chi connectivity index (χ1n) is 9.17. The van der Waals surface area contributed by atoms with Gasteiger partial charge in [0.15, 0.2) is 0 Å². The predicted molar refractivity (Wildman–Crippen MR) is 98.3 cm³/mol. The second kappa shape index (κ2) is 8.88. The van der Waals surface area contributed by atoms with Crippen molar-refractivity contribution in [2.75, 3.05) is 0 Å². The van der Waals surface area contributed by atoms with Gasteiger partial charge in [-0.25, -0.2) is 4.79 Å². The van der Waals surface area contributed by atoms with Crippen LogP contribution in [-0.2, 0) is 16.0 Å². The Bertz CT molecular complexity index is 560. The van der Waals surface area contributed by atoms with Crippen molar-refractivity contribution in [2.45, 2.75) is 77.0 Å². The molecule has 1 aliphatic carbocycles. The van der Waals surface area contributed by atoms with Crippen LogP contribution in [0, 0.1) is 0 Å². The second-order valence-corrected chi connectivity index (χ2v) is 7.73. The summed E-state index contributed by atoms with van der Waals surface area (Å²) in [5, 5.41) is 5.84. The molecule has 1 fully saturated rings. The summed E-state index contributed by atoms with van der Waals surface area (Å²) in [6.45, 7) is 5.42. The van der Waals surface area contributed by atoms with Crippen molar-refractivity contribution in [3.05, 3.63) is 35.9 Å². The molecule has 1 aromatic carbocycles. The van der Waals surface area contributed by atoms with Gasteiger partial charge in [0.1, 0.15) is 11.6 Å². The molecule has 5 heteroatoms. The zero-order valence-electron chi connectivity index (χ0n) is 15.5. The first kappa shape index (κ1) is 19.3. The molecule has 2 N–H and O–H groups in total. The number of hydrogen-bond donors (Lipinski definition) is 2. The summed E-state index contributed by atoms with van der Waals surface area (Å²) in [7, 11) is 0. The zero-order valence-corrected chi connectivity index (χ0v) is 15.5. The maximum atomic E-state index is 12.7. The highest BCUT2D eigenvalue weighted by Crippen LogP contribution is 2.18. The van der Waals surface area contributed by atoms with Crippen molar-refractivity contribution >= 4 is 12.0 Å². The summed E-state index contributed by atoms with van der Waals surface area (Å²) in [5.74, 6) is -0.137. The van der Waals surface area contributed by atoms with Crippen molar-refractivity contribution in [2.24, 2.45) is 0 Å². The van der Waals surface area contributed by atoms with Gasteiger partial charge in [-0.1, -0.05) is 49.6 Å². The molecule has 0 heterocycles. The van der Waals surface area contributed by atoms with E-state index in [0.29, 0.717) is 6.42 Å². The summed E-state index contributed by atoms with van der Waals surface area (Å²) < 4.78 is 5.32. The number of hydrogen-bond acceptors (Lipinski definition) is 3. The molecule has 0 aromatic heterocycles. The Balaban J connectivity index is 2.02. The predicted octanol–water partition coefficient (Wildman–Crippen LogP) is 3.57. The van der Waals surface area contributed by atoms with Crippen LogP contribution in [0.4, 0.5) is 4.79 Å². The molecule has 5 nitrogen and oxygen atoms in total. The third kappa shape index (κ3) is 7.16. The van der Waals surface area contributed by atoms with Crippen LogP contribution in [-0.4, -0.2) is 29.7 Å². The van der Waals surface area contributed by atoms with Gasteiger partial charge in [0.05, 0.1) is 0 Å². The fourth-order valence-electron chi connectivity index (χ4n) is 3.06. The van der Waals surface area contributed by atoms with Crippen molar-refractivity contribution < 1.29 is 14.3 Å². The van der Waals surface area contributed by atoms with E-state index < -0.39 is 17.7 Å². The molecule has 1 atom stereocenters. The number of alkyl carbamates (subject to hydrolysis) is 1. The van der Waals surface area contributed by atoms with Crippen LogP contribution in [0.2, 0.25) is 0 Å². The van der Waals surface area contributed by atoms with Gasteiger partial charge in [0, 0.05) is 12.5 Å². The molecule has 2 amide bonds. The number of nitrogens with one attached hydrogen (secondary N) is 2. The molecule has 0 unspecified atom stereocenters. The molecule has 1 saturated carbocycles. The molecule has 0 bridgehead atoms. The average molecular weight is 346 g/mol. The topological polar surface area (TPSA) is 67.4 Å². The van der Waals surface area contributed by atoms with Gasteiger partial charge in [-0.3, -0.25) is 4.79 Å². The lowest BCUT2D eigenvalue weighted by molar-refractivity contribution is -0.124. The van der Waals surface area contributed by atoms with E-state index in [-0.39, 0.29) is 11.9 Å². The van der Waals surface area contributed by atoms with Gasteiger partial charge >= 0.3 is 6.09 Å². The summed E-state index contributed by atoms with van der Waals surface area (Å²) in [6.07, 6.45) is 5.43. The quantitative estimate of drug-likeness (QED) is 0.856. The molecule has 2 rings (SSSR count). The third-order valence-electron chi connectivity index (χ3n) is 4.24. The highest BCUT2D eigenvalue weighted by molar-refractivity contribution is 5.86. The molecular formula is C20H30N2O3. The highest BCUT2D eigenvalue weighted by atomic mass is 16.6. The Morgan fingerprint density at radius 3 is 2.36 bits per heavy atom. The highest BCUT2D eigenvalue weighted by Gasteiger charge is 2.26. The standard InChI is InChI=1S/C20H30N2O3/c1-20(2,3)25-19(24)22-17(14-15-10-6-4-7-11-15)18(23)21-16-12-8-5-9-13-16/h4,6-7,10-11,16-17H,5,8-9,12-14H2,1-3H3,(H,21,23)(H,22,24)/t17-/m1/s1. The maximum Gasteiger partial charge on any atom is 0.408 e. The Labute approximate surface area is 150 Å². The van der Waals surface area contributed by atoms with E-state index in [0.717, 1.165) is 31.2 Å². The van der Waals surface area contributed by atoms with Gasteiger partial charge in [-0.2, -0.15) is 0 Å². The lowest BCUT2D eigenvalue weighted by atomic mass is 9.95. The largest absolute Gasteiger partial charge is 0.444 e. The Morgan fingerprint density at radius 1 is 1.12 bits per heavy atom. The number of benzene rings is 1. The van der Waals surface area contributed by atoms with Crippen LogP contribution in [0.15, 0.2) is 30.3 Å². The van der Waals surface area contributed by atoms with Gasteiger partial charge < -0.3 is 15.4 Å². The van der Waals surface area contributed by atoms with Gasteiger partial charge in [0.2, 0.25) is 5.91 Å². The number of rotatable bonds is 5. The van der Waals surface area contributed by atoms with Crippen LogP contribution in [0.5, 0.6) is 0 Å². The monoisotopic (exact) mass is 346 g/mol. The minimum absolute atomic E-state index is 0.137. The van der Waals surface area contributed by atoms with Gasteiger partial charge in [0.25, 0.3) is 0 Å². The van der Waals surface area contributed by atoms with Crippen LogP contribution in [0.3, 0.4) is 0 Å². The number of carbonyl (C=O) groups excluding carboxylic acids is 2. The number of ether oxygens (including phenoxy) is 1. The van der Waals surface area contributed by atoms with E-state index in [2.05, 4.69) is 10.6 Å². The molecule has 0 aliphatic heterocycles. The molecule has 0 spiro atoms. The summed E-state index contributed by atoms with van der Waals surface area (Å²) in [4.78, 5) is 24.9. The minimum Gasteiger partial charge on any atom is -0.444 e. The maximum absolute atomic E-state index is 12.7. The van der Waals surface area contributed by atoms with Gasteiger partial charge in [-0.15, -0.1) is 0 Å². The normalized spacial score (nSPS) is 16.8. The van der Waals surface area contributed by atoms with Crippen molar-refractivity contribution in [1.29, 1.82) is 0 Å². The SMILES string of the molecule is CC(C)(C)OC(=O)N[C@H](Cc1ccccc1)C(=O)NC1CCCCC1. The van der Waals surface area contributed by atoms with Gasteiger partial charge in [-0.05, 0) is 39.2 Å². The second-order valence-electron chi connectivity index (χ2n) is 7.73. The molecule has 1 aromatic rings. The van der Waals surface area contributed by atoms with E-state index in [4.69, 9.17) is 4.74 Å². The van der Waals surface area contributed by atoms with E-state index in [9.17, 15) is 9.59 Å². The van der Waals surface area contributed by atoms with Crippen LogP contribution >= 0.6 is 0 Å². The smallest absolute Gasteiger partial charge is 0.408 e. The van der Waals surface area contributed by atoms with Crippen molar-refractivity contribution in [3.8, 4) is 0 Å². The van der Waals surface area contributed by atoms with Crippen molar-refractivity contribution in [1.82, 2.24) is 10.6 Å². The molecule has 25 heavy (non-hydrogen) atoms. The third-order valence-corrected chi connectivity index (χ3v) is 4.24. The summed E-state index contributed by atoms with van der Waals surface area (Å²) >= 11 is 0. The lowest BCUT2D eigenvalue weighted by Gasteiger charge is -2.27. The molecule has 0 saturated heterocycles. The Kier molecular flexibility index (Phi) is 6.85. The molecule has 138 valence electrons. The van der Waals surface area contributed by atoms with E-state index in [1.165, 1.54) is 6.42 Å². The zero-order chi connectivity index (χ0) is 18.3. The summed E-state index contributed by atoms with van der Waals surface area (Å²) in [5.41, 5.74) is 0.406. The van der Waals surface area contributed by atoms with Crippen LogP contribution < -0.4 is 10.6 Å². The van der Waals surface area contributed by atoms with Crippen LogP contribution in [0.1, 0.15) is 58.4 Å². The first-order chi connectivity index (χ1) is 11.8. The van der Waals surface area contributed by atoms with E-state index >= 15 is 0 Å². The summed E-state index contributed by atoms with van der Waals surface area (Å²) in [6, 6.07) is 9.27. The van der Waals surface area contributed by atoms with Crippen LogP contribution in [0.25, 0.3) is 0 Å². The lowest BCUT2D eigenvalue weighted by Crippen LogP contribution is -2.51. The first-order valence-corrected chi connectivity index (χ1v) is 9.17. The van der Waals surface area contributed by atoms with E-state index in [1.54, 1.807) is 20.8 Å². The average Bonchev–Trinajstić information content (AvgIpc) is 2.54. The molecule has 1 aliphatic rings. The molecular weight excluding hydrogens is 316 g/mol. The van der Waals surface area contributed by atoms with Crippen molar-refractivity contribution in [3.63, 3.8) is 0 Å². The fourth-order valence-corrected chi connectivity index (χ4v) is 3.06. The Hall–Kier alpha value is -2.04. The fraction of sp³-hybridized carbons (Fsp3) is 0.600. The minimum atomic E-state index is -0.640. The number of amides is 2. The van der Waals surface area contributed by atoms with E-state index in [1.807, 2.05) is 30.3 Å². The Morgan fingerprint density at radius 2 is 1.76 bits per heavy atom. The number of carbonyl (C=O) groups is 2. The molecule has 0 radical (unpaired) electrons.